The number of hydrogen-bond acceptors (Lipinski definition) is 1. The average Bonchev–Trinajstić information content (AvgIpc) is 2.04. The summed E-state index contributed by atoms with van der Waals surface area (Å²) in [6.07, 6.45) is 8.39. The lowest BCUT2D eigenvalue weighted by Crippen LogP contribution is -2.37. The summed E-state index contributed by atoms with van der Waals surface area (Å²) < 4.78 is 0. The Kier molecular flexibility index (Phi) is 3.78. The Morgan fingerprint density at radius 2 is 1.69 bits per heavy atom. The van der Waals surface area contributed by atoms with E-state index in [2.05, 4.69) is 20.8 Å². The largest absolute Gasteiger partial charge is 0.327 e. The molecule has 0 aromatic rings. The van der Waals surface area contributed by atoms with E-state index in [9.17, 15) is 0 Å². The van der Waals surface area contributed by atoms with E-state index in [1.165, 1.54) is 38.5 Å². The zero-order valence-corrected chi connectivity index (χ0v) is 9.47. The Morgan fingerprint density at radius 1 is 1.15 bits per heavy atom. The van der Waals surface area contributed by atoms with E-state index in [0.717, 1.165) is 5.92 Å². The summed E-state index contributed by atoms with van der Waals surface area (Å²) in [5, 5.41) is 0. The number of rotatable bonds is 2. The minimum atomic E-state index is 0.289. The van der Waals surface area contributed by atoms with Gasteiger partial charge in [0.05, 0.1) is 0 Å². The van der Waals surface area contributed by atoms with Gasteiger partial charge in [0, 0.05) is 6.04 Å². The minimum Gasteiger partial charge on any atom is -0.327 e. The van der Waals surface area contributed by atoms with Crippen LogP contribution in [0.25, 0.3) is 0 Å². The Hall–Kier alpha value is -0.0400. The van der Waals surface area contributed by atoms with Gasteiger partial charge < -0.3 is 5.73 Å². The molecule has 0 amide bonds. The van der Waals surface area contributed by atoms with Crippen molar-refractivity contribution in [2.24, 2.45) is 17.1 Å². The molecule has 0 bridgehead atoms. The van der Waals surface area contributed by atoms with Crippen LogP contribution in [0.2, 0.25) is 0 Å². The van der Waals surface area contributed by atoms with Crippen LogP contribution in [0.1, 0.15) is 59.3 Å². The third-order valence-corrected chi connectivity index (χ3v) is 3.42. The molecule has 13 heavy (non-hydrogen) atoms. The van der Waals surface area contributed by atoms with E-state index < -0.39 is 0 Å². The second kappa shape index (κ2) is 4.45. The van der Waals surface area contributed by atoms with Crippen molar-refractivity contribution in [2.45, 2.75) is 65.3 Å². The first-order valence-electron chi connectivity index (χ1n) is 5.76. The molecule has 1 heteroatoms. The maximum absolute atomic E-state index is 6.18. The third-order valence-electron chi connectivity index (χ3n) is 3.42. The van der Waals surface area contributed by atoms with Gasteiger partial charge in [0.2, 0.25) is 0 Å². The van der Waals surface area contributed by atoms with Gasteiger partial charge in [-0.3, -0.25) is 0 Å². The fraction of sp³-hybridized carbons (Fsp3) is 1.00. The number of hydrogen-bond donors (Lipinski definition) is 1. The molecular weight excluding hydrogens is 158 g/mol. The molecule has 1 aliphatic rings. The lowest BCUT2D eigenvalue weighted by Gasteiger charge is -2.32. The fourth-order valence-corrected chi connectivity index (χ4v) is 2.14. The zero-order chi connectivity index (χ0) is 9.90. The standard InChI is InChI=1S/C12H25N/c1-12(2,3)11(13)9-10-7-5-4-6-8-10/h10-11H,4-9,13H2,1-3H3/t11-/m1/s1. The van der Waals surface area contributed by atoms with Crippen molar-refractivity contribution >= 4 is 0 Å². The molecule has 1 aliphatic carbocycles. The smallest absolute Gasteiger partial charge is 0.00902 e. The summed E-state index contributed by atoms with van der Waals surface area (Å²) in [6.45, 7) is 6.75. The van der Waals surface area contributed by atoms with Crippen LogP contribution in [0.5, 0.6) is 0 Å². The molecule has 2 N–H and O–H groups in total. The average molecular weight is 183 g/mol. The van der Waals surface area contributed by atoms with Crippen LogP contribution in [0.4, 0.5) is 0 Å². The highest BCUT2D eigenvalue weighted by Gasteiger charge is 2.24. The highest BCUT2D eigenvalue weighted by atomic mass is 14.7. The van der Waals surface area contributed by atoms with E-state index in [-0.39, 0.29) is 5.41 Å². The van der Waals surface area contributed by atoms with Crippen LogP contribution in [0, 0.1) is 11.3 Å². The molecule has 0 radical (unpaired) electrons. The molecule has 0 aliphatic heterocycles. The van der Waals surface area contributed by atoms with Crippen molar-refractivity contribution < 1.29 is 0 Å². The molecular formula is C12H25N. The van der Waals surface area contributed by atoms with Crippen molar-refractivity contribution in [1.29, 1.82) is 0 Å². The molecule has 1 rings (SSSR count). The van der Waals surface area contributed by atoms with Gasteiger partial charge in [0.15, 0.2) is 0 Å². The van der Waals surface area contributed by atoms with Crippen LogP contribution >= 0.6 is 0 Å². The maximum Gasteiger partial charge on any atom is 0.00902 e. The molecule has 1 saturated carbocycles. The van der Waals surface area contributed by atoms with E-state index in [4.69, 9.17) is 5.73 Å². The lowest BCUT2D eigenvalue weighted by molar-refractivity contribution is 0.236. The van der Waals surface area contributed by atoms with Crippen molar-refractivity contribution in [3.05, 3.63) is 0 Å². The molecule has 0 spiro atoms. The zero-order valence-electron chi connectivity index (χ0n) is 9.47. The lowest BCUT2D eigenvalue weighted by atomic mass is 9.77. The van der Waals surface area contributed by atoms with Gasteiger partial charge in [-0.15, -0.1) is 0 Å². The van der Waals surface area contributed by atoms with Crippen LogP contribution in [-0.2, 0) is 0 Å². The second-order valence-corrected chi connectivity index (χ2v) is 5.71. The van der Waals surface area contributed by atoms with Crippen LogP contribution < -0.4 is 5.73 Å². The Balaban J connectivity index is 2.30. The summed E-state index contributed by atoms with van der Waals surface area (Å²) in [7, 11) is 0. The highest BCUT2D eigenvalue weighted by molar-refractivity contribution is 4.80. The summed E-state index contributed by atoms with van der Waals surface area (Å²) in [4.78, 5) is 0. The summed E-state index contributed by atoms with van der Waals surface area (Å²) >= 11 is 0. The van der Waals surface area contributed by atoms with Crippen LogP contribution in [0.15, 0.2) is 0 Å². The van der Waals surface area contributed by atoms with Crippen LogP contribution in [-0.4, -0.2) is 6.04 Å². The maximum atomic E-state index is 6.18. The van der Waals surface area contributed by atoms with Crippen molar-refractivity contribution in [3.8, 4) is 0 Å². The molecule has 1 atom stereocenters. The summed E-state index contributed by atoms with van der Waals surface area (Å²) in [5.41, 5.74) is 6.47. The molecule has 0 saturated heterocycles. The number of nitrogens with two attached hydrogens (primary N) is 1. The first-order chi connectivity index (χ1) is 6.00. The van der Waals surface area contributed by atoms with Crippen molar-refractivity contribution in [2.75, 3.05) is 0 Å². The SMILES string of the molecule is CC(C)(C)[C@H](N)CC1CCCCC1. The van der Waals surface area contributed by atoms with Gasteiger partial charge >= 0.3 is 0 Å². The monoisotopic (exact) mass is 183 g/mol. The van der Waals surface area contributed by atoms with Gasteiger partial charge in [-0.25, -0.2) is 0 Å². The van der Waals surface area contributed by atoms with Gasteiger partial charge in [-0.05, 0) is 17.8 Å². The van der Waals surface area contributed by atoms with E-state index in [1.54, 1.807) is 0 Å². The highest BCUT2D eigenvalue weighted by Crippen LogP contribution is 2.31. The third kappa shape index (κ3) is 3.68. The van der Waals surface area contributed by atoms with E-state index in [1.807, 2.05) is 0 Å². The molecule has 0 aromatic heterocycles. The second-order valence-electron chi connectivity index (χ2n) is 5.71. The van der Waals surface area contributed by atoms with Crippen molar-refractivity contribution in [3.63, 3.8) is 0 Å². The van der Waals surface area contributed by atoms with Gasteiger partial charge in [-0.2, -0.15) is 0 Å². The van der Waals surface area contributed by atoms with E-state index >= 15 is 0 Å². The molecule has 1 fully saturated rings. The predicted octanol–water partition coefficient (Wildman–Crippen LogP) is 3.33. The quantitative estimate of drug-likeness (QED) is 0.698. The molecule has 1 nitrogen and oxygen atoms in total. The predicted molar refractivity (Wildman–Crippen MR) is 58.6 cm³/mol. The minimum absolute atomic E-state index is 0.289. The fourth-order valence-electron chi connectivity index (χ4n) is 2.14. The van der Waals surface area contributed by atoms with Gasteiger partial charge in [0.1, 0.15) is 0 Å². The Bertz CT molecular complexity index is 140. The van der Waals surface area contributed by atoms with Crippen molar-refractivity contribution in [1.82, 2.24) is 0 Å². The van der Waals surface area contributed by atoms with Crippen LogP contribution in [0.3, 0.4) is 0 Å². The first-order valence-corrected chi connectivity index (χ1v) is 5.76. The topological polar surface area (TPSA) is 26.0 Å². The van der Waals surface area contributed by atoms with E-state index in [0.29, 0.717) is 6.04 Å². The summed E-state index contributed by atoms with van der Waals surface area (Å²) in [6, 6.07) is 0.385. The molecule has 0 aromatic carbocycles. The summed E-state index contributed by atoms with van der Waals surface area (Å²) in [5.74, 6) is 0.919. The Morgan fingerprint density at radius 3 is 2.15 bits per heavy atom. The Labute approximate surface area is 83.1 Å². The first kappa shape index (κ1) is 11.0. The molecule has 78 valence electrons. The molecule has 0 heterocycles. The van der Waals surface area contributed by atoms with Gasteiger partial charge in [0.25, 0.3) is 0 Å². The normalized spacial score (nSPS) is 23.1. The van der Waals surface area contributed by atoms with Gasteiger partial charge in [-0.1, -0.05) is 52.9 Å². The molecule has 0 unspecified atom stereocenters.